The number of nitrogens with zero attached hydrogens (tertiary/aromatic N) is 2. The van der Waals surface area contributed by atoms with Gasteiger partial charge in [0, 0.05) is 25.6 Å². The minimum atomic E-state index is -0.395. The topological polar surface area (TPSA) is 67.3 Å². The first-order chi connectivity index (χ1) is 14.1. The molecule has 0 aliphatic carbocycles. The largest absolute Gasteiger partial charge is 0.491 e. The van der Waals surface area contributed by atoms with Crippen LogP contribution < -0.4 is 10.4 Å². The number of benzene rings is 2. The summed E-state index contributed by atoms with van der Waals surface area (Å²) in [6.45, 7) is 1.56. The highest BCUT2D eigenvalue weighted by Crippen LogP contribution is 2.25. The summed E-state index contributed by atoms with van der Waals surface area (Å²) in [5, 5.41) is 0. The van der Waals surface area contributed by atoms with Crippen LogP contribution in [-0.2, 0) is 4.79 Å². The van der Waals surface area contributed by atoms with Crippen molar-refractivity contribution in [2.75, 3.05) is 19.7 Å². The first-order valence-electron chi connectivity index (χ1n) is 9.98. The summed E-state index contributed by atoms with van der Waals surface area (Å²) < 4.78 is 20.7. The summed E-state index contributed by atoms with van der Waals surface area (Å²) >= 11 is 0. The number of imidazole rings is 1. The van der Waals surface area contributed by atoms with Crippen LogP contribution in [0, 0.1) is 5.82 Å². The van der Waals surface area contributed by atoms with Crippen LogP contribution in [0.4, 0.5) is 4.39 Å². The lowest BCUT2D eigenvalue weighted by Crippen LogP contribution is -2.40. The van der Waals surface area contributed by atoms with Crippen molar-refractivity contribution in [3.8, 4) is 5.75 Å². The van der Waals surface area contributed by atoms with E-state index in [-0.39, 0.29) is 23.4 Å². The number of ether oxygens (including phenoxy) is 1. The fourth-order valence-corrected chi connectivity index (χ4v) is 3.94. The van der Waals surface area contributed by atoms with Crippen molar-refractivity contribution in [2.45, 2.75) is 31.7 Å². The Labute approximate surface area is 167 Å². The number of fused-ring (bicyclic) bond motifs is 1. The van der Waals surface area contributed by atoms with Crippen LogP contribution in [0.1, 0.15) is 31.7 Å². The van der Waals surface area contributed by atoms with E-state index >= 15 is 0 Å². The number of para-hydroxylation sites is 3. The molecule has 2 aromatic carbocycles. The molecule has 3 aromatic rings. The molecule has 1 aliphatic heterocycles. The number of H-pyrrole nitrogens is 1. The monoisotopic (exact) mass is 397 g/mol. The van der Waals surface area contributed by atoms with Gasteiger partial charge in [-0.15, -0.1) is 0 Å². The third kappa shape index (κ3) is 4.18. The van der Waals surface area contributed by atoms with Gasteiger partial charge in [0.2, 0.25) is 5.91 Å². The second-order valence-electron chi connectivity index (χ2n) is 7.31. The number of carbonyl (C=O) groups is 1. The molecule has 2 heterocycles. The van der Waals surface area contributed by atoms with Crippen molar-refractivity contribution in [3.63, 3.8) is 0 Å². The van der Waals surface area contributed by atoms with Crippen LogP contribution in [0.15, 0.2) is 53.3 Å². The average Bonchev–Trinajstić information content (AvgIpc) is 3.08. The van der Waals surface area contributed by atoms with Crippen LogP contribution in [0.5, 0.6) is 5.75 Å². The molecule has 7 heteroatoms. The van der Waals surface area contributed by atoms with E-state index in [1.165, 1.54) is 6.07 Å². The molecule has 4 rings (SSSR count). The zero-order valence-corrected chi connectivity index (χ0v) is 16.1. The summed E-state index contributed by atoms with van der Waals surface area (Å²) in [6, 6.07) is 14.0. The predicted molar refractivity (Wildman–Crippen MR) is 109 cm³/mol. The van der Waals surface area contributed by atoms with Gasteiger partial charge in [-0.25, -0.2) is 9.18 Å². The highest BCUT2D eigenvalue weighted by molar-refractivity contribution is 5.76. The Morgan fingerprint density at radius 3 is 2.62 bits per heavy atom. The Hall–Kier alpha value is -3.09. The zero-order chi connectivity index (χ0) is 20.2. The molecule has 1 saturated heterocycles. The highest BCUT2D eigenvalue weighted by Gasteiger charge is 2.25. The summed E-state index contributed by atoms with van der Waals surface area (Å²) in [5.74, 6) is -0.106. The number of hydrogen-bond donors (Lipinski definition) is 1. The standard InChI is InChI=1S/C22H24FN3O3/c23-17-6-1-4-9-20(17)29-15-5-10-21(27)25-13-11-16(12-14-25)26-19-8-3-2-7-18(19)24-22(26)28/h1-4,6-9,16H,5,10-15H2,(H,24,28). The second-order valence-corrected chi connectivity index (χ2v) is 7.31. The molecule has 152 valence electrons. The van der Waals surface area contributed by atoms with Gasteiger partial charge in [0.05, 0.1) is 17.6 Å². The first kappa shape index (κ1) is 19.2. The normalized spacial score (nSPS) is 15.0. The third-order valence-corrected chi connectivity index (χ3v) is 5.44. The summed E-state index contributed by atoms with van der Waals surface area (Å²) in [7, 11) is 0. The molecular weight excluding hydrogens is 373 g/mol. The van der Waals surface area contributed by atoms with E-state index in [1.54, 1.807) is 18.2 Å². The maximum Gasteiger partial charge on any atom is 0.326 e. The Balaban J connectivity index is 1.27. The molecule has 0 radical (unpaired) electrons. The van der Waals surface area contributed by atoms with E-state index in [0.717, 1.165) is 23.9 Å². The molecule has 0 unspecified atom stereocenters. The van der Waals surface area contributed by atoms with Crippen molar-refractivity contribution >= 4 is 16.9 Å². The van der Waals surface area contributed by atoms with Gasteiger partial charge in [-0.2, -0.15) is 0 Å². The third-order valence-electron chi connectivity index (χ3n) is 5.44. The zero-order valence-electron chi connectivity index (χ0n) is 16.1. The Morgan fingerprint density at radius 2 is 1.83 bits per heavy atom. The lowest BCUT2D eigenvalue weighted by molar-refractivity contribution is -0.132. The van der Waals surface area contributed by atoms with E-state index in [2.05, 4.69) is 4.98 Å². The lowest BCUT2D eigenvalue weighted by Gasteiger charge is -2.32. The molecule has 1 amide bonds. The SMILES string of the molecule is O=C(CCCOc1ccccc1F)N1CCC(n2c(=O)[nH]c3ccccc32)CC1. The number of amides is 1. The summed E-state index contributed by atoms with van der Waals surface area (Å²) in [4.78, 5) is 29.6. The van der Waals surface area contributed by atoms with E-state index in [0.29, 0.717) is 32.5 Å². The van der Waals surface area contributed by atoms with Gasteiger partial charge >= 0.3 is 5.69 Å². The van der Waals surface area contributed by atoms with Crippen LogP contribution in [0.25, 0.3) is 11.0 Å². The molecule has 0 atom stereocenters. The Morgan fingerprint density at radius 1 is 1.10 bits per heavy atom. The number of rotatable bonds is 6. The molecule has 0 spiro atoms. The quantitative estimate of drug-likeness (QED) is 0.648. The van der Waals surface area contributed by atoms with Crippen LogP contribution >= 0.6 is 0 Å². The van der Waals surface area contributed by atoms with E-state index < -0.39 is 5.82 Å². The smallest absolute Gasteiger partial charge is 0.326 e. The summed E-state index contributed by atoms with van der Waals surface area (Å²) in [6.07, 6.45) is 2.40. The maximum absolute atomic E-state index is 13.5. The van der Waals surface area contributed by atoms with Gasteiger partial charge in [0.1, 0.15) is 0 Å². The van der Waals surface area contributed by atoms with Gasteiger partial charge in [-0.3, -0.25) is 9.36 Å². The van der Waals surface area contributed by atoms with Crippen molar-refractivity contribution in [1.82, 2.24) is 14.5 Å². The highest BCUT2D eigenvalue weighted by atomic mass is 19.1. The predicted octanol–water partition coefficient (Wildman–Crippen LogP) is 3.49. The number of nitrogens with one attached hydrogen (secondary N) is 1. The van der Waals surface area contributed by atoms with Crippen molar-refractivity contribution < 1.29 is 13.9 Å². The van der Waals surface area contributed by atoms with E-state index in [9.17, 15) is 14.0 Å². The van der Waals surface area contributed by atoms with E-state index in [1.807, 2.05) is 33.7 Å². The van der Waals surface area contributed by atoms with Gasteiger partial charge in [0.25, 0.3) is 0 Å². The lowest BCUT2D eigenvalue weighted by atomic mass is 10.0. The number of carbonyl (C=O) groups excluding carboxylic acids is 1. The number of likely N-dealkylation sites (tertiary alicyclic amines) is 1. The fourth-order valence-electron chi connectivity index (χ4n) is 3.94. The minimum absolute atomic E-state index is 0.0758. The molecule has 1 aliphatic rings. The molecule has 0 bridgehead atoms. The van der Waals surface area contributed by atoms with Gasteiger partial charge in [0.15, 0.2) is 11.6 Å². The Kier molecular flexibility index (Phi) is 5.64. The number of hydrogen-bond acceptors (Lipinski definition) is 3. The first-order valence-corrected chi connectivity index (χ1v) is 9.98. The van der Waals surface area contributed by atoms with Crippen LogP contribution in [-0.4, -0.2) is 40.1 Å². The van der Waals surface area contributed by atoms with Gasteiger partial charge < -0.3 is 14.6 Å². The molecule has 1 fully saturated rings. The molecular formula is C22H24FN3O3. The van der Waals surface area contributed by atoms with Gasteiger partial charge in [-0.1, -0.05) is 24.3 Å². The van der Waals surface area contributed by atoms with Gasteiger partial charge in [-0.05, 0) is 43.5 Å². The number of aromatic amines is 1. The molecule has 29 heavy (non-hydrogen) atoms. The molecule has 0 saturated carbocycles. The minimum Gasteiger partial charge on any atom is -0.491 e. The molecule has 1 aromatic heterocycles. The number of piperidine rings is 1. The van der Waals surface area contributed by atoms with Crippen molar-refractivity contribution in [2.24, 2.45) is 0 Å². The fraction of sp³-hybridized carbons (Fsp3) is 0.364. The number of aromatic nitrogens is 2. The Bertz CT molecular complexity index is 1050. The van der Waals surface area contributed by atoms with E-state index in [4.69, 9.17) is 4.74 Å². The van der Waals surface area contributed by atoms with Crippen LogP contribution in [0.3, 0.4) is 0 Å². The maximum atomic E-state index is 13.5. The average molecular weight is 397 g/mol. The molecule has 6 nitrogen and oxygen atoms in total. The van der Waals surface area contributed by atoms with Crippen LogP contribution in [0.2, 0.25) is 0 Å². The second kappa shape index (κ2) is 8.51. The summed E-state index contributed by atoms with van der Waals surface area (Å²) in [5.41, 5.74) is 1.65. The number of halogens is 1. The van der Waals surface area contributed by atoms with Crippen molar-refractivity contribution in [1.29, 1.82) is 0 Å². The molecule has 1 N–H and O–H groups in total. The van der Waals surface area contributed by atoms with Crippen molar-refractivity contribution in [3.05, 3.63) is 64.8 Å².